The van der Waals surface area contributed by atoms with Gasteiger partial charge < -0.3 is 30.7 Å². The second-order valence-electron chi connectivity index (χ2n) is 12.1. The molecule has 12 heteroatoms. The normalized spacial score (nSPS) is 11.7. The molecule has 11 nitrogen and oxygen atoms in total. The first-order valence-corrected chi connectivity index (χ1v) is 17.4. The SMILES string of the molecule is CC(=O)N[C@@H](CCCCNC(=O)OCc1ccccc1Cl)C(=O)N[C@@H](Cc1ccccc1)C(=O)Nc1ccc(CC(=O)OCc2ccccc2)cc1. The summed E-state index contributed by atoms with van der Waals surface area (Å²) in [5, 5.41) is 11.5. The molecular weight excluding hydrogens is 684 g/mol. The van der Waals surface area contributed by atoms with Gasteiger partial charge in [-0.05, 0) is 54.2 Å². The van der Waals surface area contributed by atoms with Crippen LogP contribution in [-0.4, -0.2) is 48.4 Å². The van der Waals surface area contributed by atoms with Gasteiger partial charge in [-0.2, -0.15) is 0 Å². The van der Waals surface area contributed by atoms with E-state index in [1.54, 1.807) is 48.5 Å². The maximum atomic E-state index is 13.6. The van der Waals surface area contributed by atoms with Crippen LogP contribution in [0.25, 0.3) is 0 Å². The number of carbonyl (C=O) groups is 5. The van der Waals surface area contributed by atoms with Crippen LogP contribution in [0.5, 0.6) is 0 Å². The standard InChI is InChI=1S/C40H43ClN4O7/c1-28(46)43-35(18-10-11-23-42-40(50)52-27-32-16-8-9-17-34(32)41)38(48)45-36(24-29-12-4-2-5-13-29)39(49)44-33-21-19-30(20-22-33)25-37(47)51-26-31-14-6-3-7-15-31/h2-9,12-17,19-22,35-36H,10-11,18,23-27H2,1H3,(H,42,50)(H,43,46)(H,44,49)(H,45,48)/t35-,36-/m0/s1. The molecule has 0 bridgehead atoms. The van der Waals surface area contributed by atoms with E-state index in [9.17, 15) is 24.0 Å². The molecule has 4 aromatic carbocycles. The Balaban J connectivity index is 1.29. The average molecular weight is 727 g/mol. The lowest BCUT2D eigenvalue weighted by Crippen LogP contribution is -2.53. The molecule has 0 saturated heterocycles. The number of unbranched alkanes of at least 4 members (excludes halogenated alkanes) is 1. The molecule has 0 aliphatic rings. The fourth-order valence-corrected chi connectivity index (χ4v) is 5.40. The van der Waals surface area contributed by atoms with Gasteiger partial charge in [0.05, 0.1) is 6.42 Å². The molecule has 0 spiro atoms. The summed E-state index contributed by atoms with van der Waals surface area (Å²) in [5.74, 6) is -1.73. The van der Waals surface area contributed by atoms with E-state index in [0.29, 0.717) is 41.2 Å². The predicted molar refractivity (Wildman–Crippen MR) is 198 cm³/mol. The number of ether oxygens (including phenoxy) is 2. The van der Waals surface area contributed by atoms with Crippen LogP contribution in [0.3, 0.4) is 0 Å². The summed E-state index contributed by atoms with van der Waals surface area (Å²) in [6.45, 7) is 1.83. The second kappa shape index (κ2) is 20.9. The maximum Gasteiger partial charge on any atom is 0.407 e. The Morgan fingerprint density at radius 3 is 1.98 bits per heavy atom. The molecule has 0 radical (unpaired) electrons. The van der Waals surface area contributed by atoms with Gasteiger partial charge in [-0.25, -0.2) is 4.79 Å². The van der Waals surface area contributed by atoms with Crippen LogP contribution in [0.1, 0.15) is 48.4 Å². The summed E-state index contributed by atoms with van der Waals surface area (Å²) >= 11 is 6.10. The van der Waals surface area contributed by atoms with Gasteiger partial charge >= 0.3 is 12.1 Å². The molecule has 0 unspecified atom stereocenters. The number of hydrogen-bond acceptors (Lipinski definition) is 7. The van der Waals surface area contributed by atoms with Crippen LogP contribution < -0.4 is 21.3 Å². The number of nitrogens with one attached hydrogen (secondary N) is 4. The molecule has 0 aromatic heterocycles. The number of rotatable bonds is 18. The van der Waals surface area contributed by atoms with Crippen molar-refractivity contribution in [1.82, 2.24) is 16.0 Å². The molecular formula is C40H43ClN4O7. The summed E-state index contributed by atoms with van der Waals surface area (Å²) < 4.78 is 10.6. The van der Waals surface area contributed by atoms with E-state index in [0.717, 1.165) is 11.1 Å². The van der Waals surface area contributed by atoms with E-state index in [2.05, 4.69) is 21.3 Å². The number of carbonyl (C=O) groups excluding carboxylic acids is 5. The van der Waals surface area contributed by atoms with Gasteiger partial charge in [0, 0.05) is 36.2 Å². The van der Waals surface area contributed by atoms with Crippen molar-refractivity contribution in [2.24, 2.45) is 0 Å². The van der Waals surface area contributed by atoms with Gasteiger partial charge in [0.15, 0.2) is 0 Å². The van der Waals surface area contributed by atoms with E-state index in [4.69, 9.17) is 21.1 Å². The Kier molecular flexibility index (Phi) is 15.7. The van der Waals surface area contributed by atoms with Crippen molar-refractivity contribution >= 4 is 47.1 Å². The minimum atomic E-state index is -0.964. The lowest BCUT2D eigenvalue weighted by atomic mass is 10.0. The van der Waals surface area contributed by atoms with Gasteiger partial charge in [0.2, 0.25) is 17.7 Å². The van der Waals surface area contributed by atoms with Gasteiger partial charge in [-0.3, -0.25) is 19.2 Å². The van der Waals surface area contributed by atoms with Crippen LogP contribution >= 0.6 is 11.6 Å². The van der Waals surface area contributed by atoms with Gasteiger partial charge in [-0.15, -0.1) is 0 Å². The zero-order valence-electron chi connectivity index (χ0n) is 28.9. The van der Waals surface area contributed by atoms with Crippen LogP contribution in [0.2, 0.25) is 5.02 Å². The van der Waals surface area contributed by atoms with E-state index < -0.39 is 35.9 Å². The molecule has 0 aliphatic heterocycles. The zero-order chi connectivity index (χ0) is 37.1. The fourth-order valence-electron chi connectivity index (χ4n) is 5.21. The summed E-state index contributed by atoms with van der Waals surface area (Å²) in [5.41, 5.74) is 3.61. The predicted octanol–water partition coefficient (Wildman–Crippen LogP) is 5.89. The number of halogens is 1. The summed E-state index contributed by atoms with van der Waals surface area (Å²) in [7, 11) is 0. The Labute approximate surface area is 308 Å². The monoisotopic (exact) mass is 726 g/mol. The number of alkyl carbamates (subject to hydrolysis) is 1. The number of amides is 4. The highest BCUT2D eigenvalue weighted by molar-refractivity contribution is 6.31. The number of anilines is 1. The van der Waals surface area contributed by atoms with Crippen molar-refractivity contribution in [2.75, 3.05) is 11.9 Å². The van der Waals surface area contributed by atoms with E-state index in [1.807, 2.05) is 60.7 Å². The minimum Gasteiger partial charge on any atom is -0.461 e. The first kappa shape index (κ1) is 39.1. The van der Waals surface area contributed by atoms with Crippen molar-refractivity contribution < 1.29 is 33.4 Å². The highest BCUT2D eigenvalue weighted by Crippen LogP contribution is 2.16. The van der Waals surface area contributed by atoms with Crippen LogP contribution in [0.4, 0.5) is 10.5 Å². The van der Waals surface area contributed by atoms with E-state index in [-0.39, 0.29) is 38.4 Å². The molecule has 0 fully saturated rings. The maximum absolute atomic E-state index is 13.6. The van der Waals surface area contributed by atoms with Crippen molar-refractivity contribution in [3.63, 3.8) is 0 Å². The number of benzene rings is 4. The third-order valence-corrected chi connectivity index (χ3v) is 8.30. The third-order valence-electron chi connectivity index (χ3n) is 7.93. The average Bonchev–Trinajstić information content (AvgIpc) is 3.14. The molecule has 0 saturated carbocycles. The first-order valence-electron chi connectivity index (χ1n) is 17.0. The Morgan fingerprint density at radius 1 is 0.654 bits per heavy atom. The van der Waals surface area contributed by atoms with Crippen molar-refractivity contribution in [1.29, 1.82) is 0 Å². The molecule has 0 aliphatic carbocycles. The van der Waals surface area contributed by atoms with Crippen LogP contribution in [0, 0.1) is 0 Å². The van der Waals surface area contributed by atoms with Crippen molar-refractivity contribution in [2.45, 2.75) is 64.3 Å². The van der Waals surface area contributed by atoms with E-state index in [1.165, 1.54) is 6.92 Å². The fraction of sp³-hybridized carbons (Fsp3) is 0.275. The molecule has 52 heavy (non-hydrogen) atoms. The smallest absolute Gasteiger partial charge is 0.407 e. The van der Waals surface area contributed by atoms with Crippen LogP contribution in [-0.2, 0) is 54.7 Å². The largest absolute Gasteiger partial charge is 0.461 e. The zero-order valence-corrected chi connectivity index (χ0v) is 29.7. The van der Waals surface area contributed by atoms with Crippen molar-refractivity contribution in [3.05, 3.63) is 136 Å². The molecule has 4 aromatic rings. The van der Waals surface area contributed by atoms with Crippen LogP contribution in [0.15, 0.2) is 109 Å². The highest BCUT2D eigenvalue weighted by atomic mass is 35.5. The molecule has 4 amide bonds. The van der Waals surface area contributed by atoms with Gasteiger partial charge in [-0.1, -0.05) is 103 Å². The number of hydrogen-bond donors (Lipinski definition) is 4. The summed E-state index contributed by atoms with van der Waals surface area (Å²) in [6.07, 6.45) is 0.960. The quantitative estimate of drug-likeness (QED) is 0.0737. The lowest BCUT2D eigenvalue weighted by molar-refractivity contribution is -0.144. The van der Waals surface area contributed by atoms with Gasteiger partial charge in [0.25, 0.3) is 0 Å². The molecule has 272 valence electrons. The summed E-state index contributed by atoms with van der Waals surface area (Å²) in [6, 6.07) is 30.7. The highest BCUT2D eigenvalue weighted by Gasteiger charge is 2.26. The third kappa shape index (κ3) is 13.9. The molecule has 0 heterocycles. The van der Waals surface area contributed by atoms with Gasteiger partial charge in [0.1, 0.15) is 25.3 Å². The lowest BCUT2D eigenvalue weighted by Gasteiger charge is -2.23. The Hall–Kier alpha value is -5.68. The molecule has 2 atom stereocenters. The topological polar surface area (TPSA) is 152 Å². The van der Waals surface area contributed by atoms with E-state index >= 15 is 0 Å². The number of esters is 1. The summed E-state index contributed by atoms with van der Waals surface area (Å²) in [4.78, 5) is 63.5. The van der Waals surface area contributed by atoms with Crippen molar-refractivity contribution in [3.8, 4) is 0 Å². The minimum absolute atomic E-state index is 0.0331. The molecule has 4 N–H and O–H groups in total. The first-order chi connectivity index (χ1) is 25.2. The Morgan fingerprint density at radius 2 is 1.31 bits per heavy atom. The Bertz CT molecular complexity index is 1770. The second-order valence-corrected chi connectivity index (χ2v) is 12.5. The molecule has 4 rings (SSSR count).